The molecule has 0 unspecified atom stereocenters. The van der Waals surface area contributed by atoms with Gasteiger partial charge in [0.15, 0.2) is 0 Å². The molecule has 1 aromatic carbocycles. The van der Waals surface area contributed by atoms with E-state index in [2.05, 4.69) is 4.18 Å². The number of carbonyl (C=O) groups excluding carboxylic acids is 1. The van der Waals surface area contributed by atoms with Gasteiger partial charge in [0, 0.05) is 0 Å². The van der Waals surface area contributed by atoms with Gasteiger partial charge in [0.2, 0.25) is 0 Å². The summed E-state index contributed by atoms with van der Waals surface area (Å²) in [6.07, 6.45) is 0.395. The van der Waals surface area contributed by atoms with Crippen molar-refractivity contribution in [1.29, 1.82) is 0 Å². The molecule has 0 saturated heterocycles. The molecule has 0 saturated carbocycles. The van der Waals surface area contributed by atoms with E-state index in [9.17, 15) is 13.2 Å². The molecule has 4 nitrogen and oxygen atoms in total. The highest BCUT2D eigenvalue weighted by Gasteiger charge is 2.13. The van der Waals surface area contributed by atoms with Gasteiger partial charge < -0.3 is 4.79 Å². The van der Waals surface area contributed by atoms with Crippen molar-refractivity contribution in [2.24, 2.45) is 0 Å². The predicted octanol–water partition coefficient (Wildman–Crippen LogP) is 0.899. The van der Waals surface area contributed by atoms with Crippen LogP contribution in [0.15, 0.2) is 29.2 Å². The number of aryl methyl sites for hydroxylation is 1. The molecule has 0 aliphatic carbocycles. The topological polar surface area (TPSA) is 60.4 Å². The largest absolute Gasteiger partial charge is 0.301 e. The highest BCUT2D eigenvalue weighted by Crippen LogP contribution is 2.12. The minimum absolute atomic E-state index is 0.0601. The Kier molecular flexibility index (Phi) is 3.38. The first kappa shape index (κ1) is 10.9. The lowest BCUT2D eigenvalue weighted by Crippen LogP contribution is -2.07. The third kappa shape index (κ3) is 2.65. The molecule has 0 aliphatic rings. The molecule has 0 radical (unpaired) electrons. The Labute approximate surface area is 82.6 Å². The summed E-state index contributed by atoms with van der Waals surface area (Å²) >= 11 is 0. The molecule has 0 atom stereocenters. The molecule has 76 valence electrons. The van der Waals surface area contributed by atoms with Crippen molar-refractivity contribution in [2.45, 2.75) is 11.8 Å². The van der Waals surface area contributed by atoms with Crippen molar-refractivity contribution in [1.82, 2.24) is 0 Å². The molecule has 0 heterocycles. The summed E-state index contributed by atoms with van der Waals surface area (Å²) < 4.78 is 27.1. The zero-order valence-corrected chi connectivity index (χ0v) is 8.45. The van der Waals surface area contributed by atoms with E-state index in [0.717, 1.165) is 5.56 Å². The van der Waals surface area contributed by atoms with Crippen molar-refractivity contribution >= 4 is 16.4 Å². The summed E-state index contributed by atoms with van der Waals surface area (Å²) in [5.74, 6) is 0. The minimum Gasteiger partial charge on any atom is -0.301 e. The fraction of sp³-hybridized carbons (Fsp3) is 0.222. The van der Waals surface area contributed by atoms with E-state index < -0.39 is 16.7 Å². The Hall–Kier alpha value is -1.20. The van der Waals surface area contributed by atoms with E-state index in [4.69, 9.17) is 0 Å². The van der Waals surface area contributed by atoms with Crippen LogP contribution in [0, 0.1) is 6.92 Å². The van der Waals surface area contributed by atoms with Crippen LogP contribution >= 0.6 is 0 Å². The zero-order valence-electron chi connectivity index (χ0n) is 7.64. The molecule has 0 spiro atoms. The number of rotatable bonds is 4. The van der Waals surface area contributed by atoms with Gasteiger partial charge in [0.25, 0.3) is 10.1 Å². The SMILES string of the molecule is Cc1ccc(S(=O)(=O)OCC=O)cc1. The number of hydrogen-bond acceptors (Lipinski definition) is 4. The van der Waals surface area contributed by atoms with E-state index in [1.165, 1.54) is 12.1 Å². The second-order valence-corrected chi connectivity index (χ2v) is 4.33. The standard InChI is InChI=1S/C9H10O4S/c1-8-2-4-9(5-3-8)14(11,12)13-7-6-10/h2-6H,7H2,1H3. The van der Waals surface area contributed by atoms with Crippen molar-refractivity contribution < 1.29 is 17.4 Å². The monoisotopic (exact) mass is 214 g/mol. The Morgan fingerprint density at radius 1 is 1.29 bits per heavy atom. The quantitative estimate of drug-likeness (QED) is 0.552. The van der Waals surface area contributed by atoms with E-state index >= 15 is 0 Å². The molecule has 5 heteroatoms. The summed E-state index contributed by atoms with van der Waals surface area (Å²) in [6, 6.07) is 6.21. The molecule has 1 rings (SSSR count). The van der Waals surface area contributed by atoms with Crippen LogP contribution in [0.1, 0.15) is 5.56 Å². The van der Waals surface area contributed by atoms with Crippen molar-refractivity contribution in [3.8, 4) is 0 Å². The van der Waals surface area contributed by atoms with Crippen LogP contribution in [0.25, 0.3) is 0 Å². The van der Waals surface area contributed by atoms with Gasteiger partial charge in [-0.25, -0.2) is 0 Å². The van der Waals surface area contributed by atoms with Gasteiger partial charge in [0.05, 0.1) is 4.90 Å². The van der Waals surface area contributed by atoms with Crippen LogP contribution in [-0.4, -0.2) is 21.3 Å². The predicted molar refractivity (Wildman–Crippen MR) is 50.4 cm³/mol. The van der Waals surface area contributed by atoms with Crippen LogP contribution in [0.5, 0.6) is 0 Å². The molecule has 0 aromatic heterocycles. The Morgan fingerprint density at radius 2 is 1.86 bits per heavy atom. The molecule has 0 fully saturated rings. The summed E-state index contributed by atoms with van der Waals surface area (Å²) in [6.45, 7) is 1.40. The fourth-order valence-electron chi connectivity index (χ4n) is 0.890. The van der Waals surface area contributed by atoms with Gasteiger partial charge in [-0.1, -0.05) is 17.7 Å². The maximum Gasteiger partial charge on any atom is 0.297 e. The van der Waals surface area contributed by atoms with E-state index in [1.807, 2.05) is 6.92 Å². The molecule has 0 bridgehead atoms. The number of benzene rings is 1. The van der Waals surface area contributed by atoms with Crippen LogP contribution in [0.4, 0.5) is 0 Å². The second-order valence-electron chi connectivity index (χ2n) is 2.72. The first-order valence-electron chi connectivity index (χ1n) is 3.96. The van der Waals surface area contributed by atoms with Crippen LogP contribution in [0.3, 0.4) is 0 Å². The third-order valence-corrected chi connectivity index (χ3v) is 2.90. The van der Waals surface area contributed by atoms with Crippen LogP contribution in [0.2, 0.25) is 0 Å². The first-order valence-corrected chi connectivity index (χ1v) is 5.37. The number of carbonyl (C=O) groups is 1. The molecular weight excluding hydrogens is 204 g/mol. The van der Waals surface area contributed by atoms with Gasteiger partial charge in [0.1, 0.15) is 12.9 Å². The smallest absolute Gasteiger partial charge is 0.297 e. The fourth-order valence-corrected chi connectivity index (χ4v) is 1.73. The average Bonchev–Trinajstić information content (AvgIpc) is 2.16. The molecular formula is C9H10O4S. The third-order valence-electron chi connectivity index (χ3n) is 1.60. The van der Waals surface area contributed by atoms with Gasteiger partial charge in [-0.2, -0.15) is 8.42 Å². The van der Waals surface area contributed by atoms with E-state index in [0.29, 0.717) is 6.29 Å². The molecule has 0 N–H and O–H groups in total. The number of aldehydes is 1. The summed E-state index contributed by atoms with van der Waals surface area (Å²) in [5.41, 5.74) is 0.958. The average molecular weight is 214 g/mol. The maximum atomic E-state index is 11.3. The van der Waals surface area contributed by atoms with Crippen molar-refractivity contribution in [3.05, 3.63) is 29.8 Å². The highest BCUT2D eigenvalue weighted by atomic mass is 32.2. The summed E-state index contributed by atoms with van der Waals surface area (Å²) in [7, 11) is -3.77. The minimum atomic E-state index is -3.77. The Morgan fingerprint density at radius 3 is 2.36 bits per heavy atom. The second kappa shape index (κ2) is 4.34. The van der Waals surface area contributed by atoms with E-state index in [1.54, 1.807) is 12.1 Å². The summed E-state index contributed by atoms with van der Waals surface area (Å²) in [5, 5.41) is 0. The van der Waals surface area contributed by atoms with Crippen LogP contribution in [-0.2, 0) is 19.1 Å². The normalized spacial score (nSPS) is 11.2. The van der Waals surface area contributed by atoms with Crippen molar-refractivity contribution in [2.75, 3.05) is 6.61 Å². The van der Waals surface area contributed by atoms with Gasteiger partial charge in [-0.15, -0.1) is 0 Å². The lowest BCUT2D eigenvalue weighted by Gasteiger charge is -2.02. The molecule has 14 heavy (non-hydrogen) atoms. The first-order chi connectivity index (χ1) is 6.56. The van der Waals surface area contributed by atoms with Crippen LogP contribution < -0.4 is 0 Å². The van der Waals surface area contributed by atoms with Gasteiger partial charge in [-0.05, 0) is 19.1 Å². The summed E-state index contributed by atoms with van der Waals surface area (Å²) in [4.78, 5) is 10.0. The van der Waals surface area contributed by atoms with E-state index in [-0.39, 0.29) is 4.90 Å². The zero-order chi connectivity index (χ0) is 10.6. The molecule has 0 aliphatic heterocycles. The maximum absolute atomic E-state index is 11.3. The van der Waals surface area contributed by atoms with Gasteiger partial charge >= 0.3 is 0 Å². The Bertz CT molecular complexity index is 405. The Balaban J connectivity index is 2.93. The molecule has 1 aromatic rings. The van der Waals surface area contributed by atoms with Gasteiger partial charge in [-0.3, -0.25) is 4.18 Å². The lowest BCUT2D eigenvalue weighted by atomic mass is 10.2. The lowest BCUT2D eigenvalue weighted by molar-refractivity contribution is -0.109. The number of hydrogen-bond donors (Lipinski definition) is 0. The van der Waals surface area contributed by atoms with Crippen molar-refractivity contribution in [3.63, 3.8) is 0 Å². The molecule has 0 amide bonds. The highest BCUT2D eigenvalue weighted by molar-refractivity contribution is 7.86.